The van der Waals surface area contributed by atoms with Crippen LogP contribution in [0.4, 0.5) is 4.79 Å². The Bertz CT molecular complexity index is 594. The Morgan fingerprint density at radius 3 is 2.47 bits per heavy atom. The summed E-state index contributed by atoms with van der Waals surface area (Å²) in [5, 5.41) is 3.49. The molecule has 1 atom stereocenters. The molecule has 1 saturated carbocycles. The highest BCUT2D eigenvalue weighted by molar-refractivity contribution is 5.80. The van der Waals surface area contributed by atoms with Crippen LogP contribution in [0.2, 0.25) is 0 Å². The highest BCUT2D eigenvalue weighted by Gasteiger charge is 2.35. The fourth-order valence-electron chi connectivity index (χ4n) is 4.19. The maximum atomic E-state index is 12.8. The molecular formula is C22H41N5O3. The molecule has 2 aliphatic heterocycles. The monoisotopic (exact) mass is 423 g/mol. The van der Waals surface area contributed by atoms with Crippen LogP contribution in [0.3, 0.4) is 0 Å². The lowest BCUT2D eigenvalue weighted by molar-refractivity contribution is -0.0165. The Labute approximate surface area is 181 Å². The average molecular weight is 424 g/mol. The van der Waals surface area contributed by atoms with Crippen molar-refractivity contribution in [2.45, 2.75) is 64.2 Å². The van der Waals surface area contributed by atoms with E-state index in [-0.39, 0.29) is 18.2 Å². The fraction of sp³-hybridized carbons (Fsp3) is 0.909. The van der Waals surface area contributed by atoms with Crippen molar-refractivity contribution in [2.24, 2.45) is 10.9 Å². The molecule has 1 aliphatic carbocycles. The zero-order valence-corrected chi connectivity index (χ0v) is 19.5. The SMILES string of the molecule is CN=C(NCC1CN(C)CCO1)N1CCC(N(CC2CC2)C(=O)OC(C)(C)C)CC1. The Hall–Kier alpha value is -1.54. The molecule has 8 heteroatoms. The molecule has 2 saturated heterocycles. The first-order valence-electron chi connectivity index (χ1n) is 11.5. The maximum Gasteiger partial charge on any atom is 0.410 e. The molecule has 0 bridgehead atoms. The molecule has 172 valence electrons. The maximum absolute atomic E-state index is 12.8. The molecule has 1 N–H and O–H groups in total. The summed E-state index contributed by atoms with van der Waals surface area (Å²) in [6, 6.07) is 0.241. The van der Waals surface area contributed by atoms with Crippen molar-refractivity contribution in [3.63, 3.8) is 0 Å². The number of guanidine groups is 1. The van der Waals surface area contributed by atoms with Crippen LogP contribution in [0, 0.1) is 5.92 Å². The molecule has 1 unspecified atom stereocenters. The fourth-order valence-corrected chi connectivity index (χ4v) is 4.19. The second-order valence-corrected chi connectivity index (χ2v) is 9.98. The number of carbonyl (C=O) groups is 1. The minimum atomic E-state index is -0.458. The predicted molar refractivity (Wildman–Crippen MR) is 119 cm³/mol. The van der Waals surface area contributed by atoms with E-state index in [0.29, 0.717) is 5.92 Å². The van der Waals surface area contributed by atoms with Crippen molar-refractivity contribution in [3.8, 4) is 0 Å². The minimum Gasteiger partial charge on any atom is -0.444 e. The molecule has 3 rings (SSSR count). The summed E-state index contributed by atoms with van der Waals surface area (Å²) >= 11 is 0. The Morgan fingerprint density at radius 2 is 1.90 bits per heavy atom. The van der Waals surface area contributed by atoms with Gasteiger partial charge in [0.2, 0.25) is 0 Å². The van der Waals surface area contributed by atoms with E-state index in [9.17, 15) is 4.79 Å². The highest BCUT2D eigenvalue weighted by Crippen LogP contribution is 2.32. The van der Waals surface area contributed by atoms with E-state index < -0.39 is 5.60 Å². The molecule has 1 amide bonds. The van der Waals surface area contributed by atoms with Gasteiger partial charge < -0.3 is 29.5 Å². The van der Waals surface area contributed by atoms with Gasteiger partial charge in [-0.05, 0) is 59.4 Å². The summed E-state index contributed by atoms with van der Waals surface area (Å²) in [5.74, 6) is 1.58. The van der Waals surface area contributed by atoms with Gasteiger partial charge in [0.15, 0.2) is 5.96 Å². The van der Waals surface area contributed by atoms with Gasteiger partial charge in [-0.25, -0.2) is 4.79 Å². The van der Waals surface area contributed by atoms with Crippen LogP contribution in [0.25, 0.3) is 0 Å². The van der Waals surface area contributed by atoms with Crippen LogP contribution in [-0.4, -0.2) is 104 Å². The van der Waals surface area contributed by atoms with Crippen molar-refractivity contribution in [2.75, 3.05) is 60.0 Å². The first-order valence-corrected chi connectivity index (χ1v) is 11.5. The zero-order valence-electron chi connectivity index (χ0n) is 19.5. The van der Waals surface area contributed by atoms with Crippen molar-refractivity contribution >= 4 is 12.1 Å². The van der Waals surface area contributed by atoms with Crippen molar-refractivity contribution in [1.29, 1.82) is 0 Å². The van der Waals surface area contributed by atoms with E-state index in [1.165, 1.54) is 12.8 Å². The summed E-state index contributed by atoms with van der Waals surface area (Å²) in [6.45, 7) is 11.9. The number of morpholine rings is 1. The lowest BCUT2D eigenvalue weighted by atomic mass is 10.0. The topological polar surface area (TPSA) is 69.6 Å². The van der Waals surface area contributed by atoms with E-state index in [4.69, 9.17) is 9.47 Å². The standard InChI is InChI=1S/C22H41N5O3/c1-22(2,3)30-21(28)27(15-17-6-7-17)18-8-10-26(11-9-18)20(23-4)24-14-19-16-25(5)12-13-29-19/h17-19H,6-16H2,1-5H3,(H,23,24). The number of likely N-dealkylation sites (tertiary alicyclic amines) is 1. The third-order valence-corrected chi connectivity index (χ3v) is 6.03. The van der Waals surface area contributed by atoms with Crippen LogP contribution in [0.1, 0.15) is 46.5 Å². The van der Waals surface area contributed by atoms with Crippen molar-refractivity contribution < 1.29 is 14.3 Å². The number of hydrogen-bond donors (Lipinski definition) is 1. The van der Waals surface area contributed by atoms with Gasteiger partial charge in [-0.1, -0.05) is 0 Å². The number of aliphatic imine (C=N–C) groups is 1. The molecule has 0 aromatic rings. The quantitative estimate of drug-likeness (QED) is 0.539. The highest BCUT2D eigenvalue weighted by atomic mass is 16.6. The van der Waals surface area contributed by atoms with Gasteiger partial charge in [0.05, 0.1) is 12.7 Å². The zero-order chi connectivity index (χ0) is 21.7. The normalized spacial score (nSPS) is 24.6. The summed E-state index contributed by atoms with van der Waals surface area (Å²) in [4.78, 5) is 23.9. The van der Waals surface area contributed by atoms with Gasteiger partial charge in [-0.15, -0.1) is 0 Å². The number of carbonyl (C=O) groups excluding carboxylic acids is 1. The summed E-state index contributed by atoms with van der Waals surface area (Å²) in [6.07, 6.45) is 4.37. The Morgan fingerprint density at radius 1 is 1.20 bits per heavy atom. The molecule has 0 aromatic heterocycles. The lowest BCUT2D eigenvalue weighted by Crippen LogP contribution is -2.54. The molecular weight excluding hydrogens is 382 g/mol. The number of rotatable bonds is 5. The predicted octanol–water partition coefficient (Wildman–Crippen LogP) is 2.00. The minimum absolute atomic E-state index is 0.158. The van der Waals surface area contributed by atoms with Gasteiger partial charge in [-0.3, -0.25) is 4.99 Å². The van der Waals surface area contributed by atoms with Crippen LogP contribution < -0.4 is 5.32 Å². The van der Waals surface area contributed by atoms with Crippen molar-refractivity contribution in [1.82, 2.24) is 20.0 Å². The van der Waals surface area contributed by atoms with Crippen LogP contribution in [-0.2, 0) is 9.47 Å². The largest absolute Gasteiger partial charge is 0.444 e. The summed E-state index contributed by atoms with van der Waals surface area (Å²) in [5.41, 5.74) is -0.458. The van der Waals surface area contributed by atoms with E-state index in [1.807, 2.05) is 32.7 Å². The molecule has 0 aromatic carbocycles. The van der Waals surface area contributed by atoms with Gasteiger partial charge in [0.1, 0.15) is 5.60 Å². The van der Waals surface area contributed by atoms with E-state index in [2.05, 4.69) is 27.2 Å². The number of ether oxygens (including phenoxy) is 2. The number of nitrogens with zero attached hydrogens (tertiary/aromatic N) is 4. The van der Waals surface area contributed by atoms with Crippen LogP contribution >= 0.6 is 0 Å². The van der Waals surface area contributed by atoms with Gasteiger partial charge >= 0.3 is 6.09 Å². The van der Waals surface area contributed by atoms with Gasteiger partial charge in [0, 0.05) is 52.4 Å². The number of likely N-dealkylation sites (N-methyl/N-ethyl adjacent to an activating group) is 1. The number of hydrogen-bond acceptors (Lipinski definition) is 5. The smallest absolute Gasteiger partial charge is 0.410 e. The number of piperidine rings is 1. The van der Waals surface area contributed by atoms with E-state index in [1.54, 1.807) is 0 Å². The molecule has 3 fully saturated rings. The van der Waals surface area contributed by atoms with E-state index >= 15 is 0 Å². The first-order chi connectivity index (χ1) is 14.2. The third-order valence-electron chi connectivity index (χ3n) is 6.03. The molecule has 0 spiro atoms. The molecule has 2 heterocycles. The average Bonchev–Trinajstić information content (AvgIpc) is 3.50. The molecule has 3 aliphatic rings. The molecule has 30 heavy (non-hydrogen) atoms. The first kappa shape index (κ1) is 23.1. The van der Waals surface area contributed by atoms with E-state index in [0.717, 1.165) is 64.7 Å². The second kappa shape index (κ2) is 10.2. The van der Waals surface area contributed by atoms with Crippen molar-refractivity contribution in [3.05, 3.63) is 0 Å². The second-order valence-electron chi connectivity index (χ2n) is 9.98. The van der Waals surface area contributed by atoms with Gasteiger partial charge in [-0.2, -0.15) is 0 Å². The number of nitrogens with one attached hydrogen (secondary N) is 1. The Kier molecular flexibility index (Phi) is 7.85. The Balaban J connectivity index is 1.50. The van der Waals surface area contributed by atoms with Crippen LogP contribution in [0.15, 0.2) is 4.99 Å². The van der Waals surface area contributed by atoms with Crippen LogP contribution in [0.5, 0.6) is 0 Å². The summed E-state index contributed by atoms with van der Waals surface area (Å²) in [7, 11) is 3.97. The molecule has 0 radical (unpaired) electrons. The third kappa shape index (κ3) is 7.01. The number of amides is 1. The summed E-state index contributed by atoms with van der Waals surface area (Å²) < 4.78 is 11.6. The molecule has 8 nitrogen and oxygen atoms in total. The van der Waals surface area contributed by atoms with Gasteiger partial charge in [0.25, 0.3) is 0 Å². The lowest BCUT2D eigenvalue weighted by Gasteiger charge is -2.40.